The van der Waals surface area contributed by atoms with Crippen LogP contribution >= 0.6 is 0 Å². The third-order valence-corrected chi connectivity index (χ3v) is 6.03. The fourth-order valence-electron chi connectivity index (χ4n) is 4.03. The summed E-state index contributed by atoms with van der Waals surface area (Å²) in [6, 6.07) is 20.7. The summed E-state index contributed by atoms with van der Waals surface area (Å²) in [5, 5.41) is 2.82. The second-order valence-electron chi connectivity index (χ2n) is 8.38. The van der Waals surface area contributed by atoms with Crippen molar-refractivity contribution >= 4 is 17.7 Å². The van der Waals surface area contributed by atoms with Crippen molar-refractivity contribution in [1.29, 1.82) is 0 Å². The third-order valence-electron chi connectivity index (χ3n) is 6.03. The van der Waals surface area contributed by atoms with Gasteiger partial charge in [-0.2, -0.15) is 13.2 Å². The van der Waals surface area contributed by atoms with E-state index in [-0.39, 0.29) is 43.6 Å². The molecule has 3 amide bonds. The lowest BCUT2D eigenvalue weighted by atomic mass is 10.0. The molecular formula is C27H24F3N3O3. The number of piperazine rings is 1. The molecule has 3 aromatic carbocycles. The predicted octanol–water partition coefficient (Wildman–Crippen LogP) is 4.16. The van der Waals surface area contributed by atoms with Gasteiger partial charge in [-0.3, -0.25) is 14.4 Å². The van der Waals surface area contributed by atoms with Crippen LogP contribution in [0.2, 0.25) is 0 Å². The SMILES string of the molecule is O=C(NC(C(=O)N1CCN(C(=O)c2ccc(C(F)(F)F)cc2)CC1)c1ccccc1)c1ccccc1. The molecule has 1 aliphatic rings. The minimum absolute atomic E-state index is 0.153. The molecule has 36 heavy (non-hydrogen) atoms. The zero-order chi connectivity index (χ0) is 25.7. The van der Waals surface area contributed by atoms with Gasteiger partial charge in [0, 0.05) is 37.3 Å². The van der Waals surface area contributed by atoms with Crippen molar-refractivity contribution < 1.29 is 27.6 Å². The zero-order valence-electron chi connectivity index (χ0n) is 19.2. The zero-order valence-corrected chi connectivity index (χ0v) is 19.2. The maximum atomic E-state index is 13.4. The molecule has 0 radical (unpaired) electrons. The molecule has 1 fully saturated rings. The van der Waals surface area contributed by atoms with Gasteiger partial charge in [0.2, 0.25) is 5.91 Å². The van der Waals surface area contributed by atoms with E-state index in [1.165, 1.54) is 4.90 Å². The summed E-state index contributed by atoms with van der Waals surface area (Å²) in [5.41, 5.74) is 0.396. The number of nitrogens with one attached hydrogen (secondary N) is 1. The van der Waals surface area contributed by atoms with Gasteiger partial charge >= 0.3 is 6.18 Å². The van der Waals surface area contributed by atoms with Crippen LogP contribution in [0, 0.1) is 0 Å². The second-order valence-corrected chi connectivity index (χ2v) is 8.38. The largest absolute Gasteiger partial charge is 0.416 e. The van der Waals surface area contributed by atoms with Gasteiger partial charge in [-0.15, -0.1) is 0 Å². The highest BCUT2D eigenvalue weighted by molar-refractivity contribution is 5.98. The lowest BCUT2D eigenvalue weighted by molar-refractivity contribution is -0.137. The van der Waals surface area contributed by atoms with Crippen LogP contribution < -0.4 is 5.32 Å². The van der Waals surface area contributed by atoms with Gasteiger partial charge in [-0.1, -0.05) is 48.5 Å². The van der Waals surface area contributed by atoms with E-state index in [4.69, 9.17) is 0 Å². The fraction of sp³-hybridized carbons (Fsp3) is 0.222. The molecule has 1 aliphatic heterocycles. The maximum absolute atomic E-state index is 13.4. The number of halogens is 3. The first-order chi connectivity index (χ1) is 17.2. The molecule has 186 valence electrons. The Morgan fingerprint density at radius 1 is 0.694 bits per heavy atom. The van der Waals surface area contributed by atoms with Gasteiger partial charge in [0.25, 0.3) is 11.8 Å². The van der Waals surface area contributed by atoms with E-state index in [2.05, 4.69) is 5.32 Å². The molecule has 1 unspecified atom stereocenters. The molecule has 1 atom stereocenters. The Morgan fingerprint density at radius 3 is 1.78 bits per heavy atom. The number of alkyl halides is 3. The monoisotopic (exact) mass is 495 g/mol. The minimum atomic E-state index is -4.47. The van der Waals surface area contributed by atoms with Gasteiger partial charge in [-0.25, -0.2) is 0 Å². The number of carbonyl (C=O) groups excluding carboxylic acids is 3. The van der Waals surface area contributed by atoms with E-state index < -0.39 is 23.7 Å². The third kappa shape index (κ3) is 5.73. The van der Waals surface area contributed by atoms with Crippen molar-refractivity contribution in [3.63, 3.8) is 0 Å². The number of rotatable bonds is 5. The predicted molar refractivity (Wildman–Crippen MR) is 127 cm³/mol. The lowest BCUT2D eigenvalue weighted by Crippen LogP contribution is -2.53. The molecule has 0 spiro atoms. The number of carbonyl (C=O) groups is 3. The van der Waals surface area contributed by atoms with Crippen LogP contribution in [-0.4, -0.2) is 53.7 Å². The average molecular weight is 496 g/mol. The van der Waals surface area contributed by atoms with Crippen LogP contribution in [0.3, 0.4) is 0 Å². The van der Waals surface area contributed by atoms with Crippen LogP contribution in [0.25, 0.3) is 0 Å². The molecule has 0 bridgehead atoms. The highest BCUT2D eigenvalue weighted by atomic mass is 19.4. The Kier molecular flexibility index (Phi) is 7.38. The van der Waals surface area contributed by atoms with Crippen LogP contribution in [0.15, 0.2) is 84.9 Å². The number of benzene rings is 3. The van der Waals surface area contributed by atoms with Crippen molar-refractivity contribution in [2.24, 2.45) is 0 Å². The van der Waals surface area contributed by atoms with Crippen LogP contribution in [0.4, 0.5) is 13.2 Å². The van der Waals surface area contributed by atoms with Gasteiger partial charge in [0.05, 0.1) is 5.56 Å². The normalized spacial score (nSPS) is 14.8. The van der Waals surface area contributed by atoms with Gasteiger partial charge in [0.15, 0.2) is 0 Å². The van der Waals surface area contributed by atoms with Crippen molar-refractivity contribution in [2.75, 3.05) is 26.2 Å². The molecule has 4 rings (SSSR count). The molecule has 9 heteroatoms. The van der Waals surface area contributed by atoms with Crippen LogP contribution in [-0.2, 0) is 11.0 Å². The Bertz CT molecular complexity index is 1210. The molecule has 0 saturated carbocycles. The molecule has 1 saturated heterocycles. The second kappa shape index (κ2) is 10.6. The van der Waals surface area contributed by atoms with E-state index in [0.717, 1.165) is 24.3 Å². The average Bonchev–Trinajstić information content (AvgIpc) is 2.91. The fourth-order valence-corrected chi connectivity index (χ4v) is 4.03. The molecule has 1 heterocycles. The van der Waals surface area contributed by atoms with Crippen LogP contribution in [0.1, 0.15) is 37.9 Å². The number of amides is 3. The smallest absolute Gasteiger partial charge is 0.337 e. The molecular weight excluding hydrogens is 471 g/mol. The first-order valence-electron chi connectivity index (χ1n) is 11.4. The van der Waals surface area contributed by atoms with E-state index >= 15 is 0 Å². The maximum Gasteiger partial charge on any atom is 0.416 e. The quantitative estimate of drug-likeness (QED) is 0.578. The van der Waals surface area contributed by atoms with Crippen LogP contribution in [0.5, 0.6) is 0 Å². The van der Waals surface area contributed by atoms with E-state index in [0.29, 0.717) is 11.1 Å². The molecule has 1 N–H and O–H groups in total. The van der Waals surface area contributed by atoms with E-state index in [9.17, 15) is 27.6 Å². The highest BCUT2D eigenvalue weighted by Gasteiger charge is 2.33. The topological polar surface area (TPSA) is 69.7 Å². The molecule has 0 aliphatic carbocycles. The lowest BCUT2D eigenvalue weighted by Gasteiger charge is -2.36. The summed E-state index contributed by atoms with van der Waals surface area (Å²) in [6.45, 7) is 0.908. The molecule has 3 aromatic rings. The summed E-state index contributed by atoms with van der Waals surface area (Å²) in [6.07, 6.45) is -4.47. The number of nitrogens with zero attached hydrogens (tertiary/aromatic N) is 2. The van der Waals surface area contributed by atoms with Crippen molar-refractivity contribution in [3.05, 3.63) is 107 Å². The van der Waals surface area contributed by atoms with Crippen molar-refractivity contribution in [2.45, 2.75) is 12.2 Å². The Morgan fingerprint density at radius 2 is 1.22 bits per heavy atom. The van der Waals surface area contributed by atoms with Crippen molar-refractivity contribution in [1.82, 2.24) is 15.1 Å². The highest BCUT2D eigenvalue weighted by Crippen LogP contribution is 2.29. The summed E-state index contributed by atoms with van der Waals surface area (Å²) in [5.74, 6) is -1.08. The summed E-state index contributed by atoms with van der Waals surface area (Å²) >= 11 is 0. The Balaban J connectivity index is 1.43. The summed E-state index contributed by atoms with van der Waals surface area (Å²) in [7, 11) is 0. The van der Waals surface area contributed by atoms with E-state index in [1.807, 2.05) is 6.07 Å². The first-order valence-corrected chi connectivity index (χ1v) is 11.4. The molecule has 6 nitrogen and oxygen atoms in total. The summed E-state index contributed by atoms with van der Waals surface area (Å²) in [4.78, 5) is 42.1. The van der Waals surface area contributed by atoms with E-state index in [1.54, 1.807) is 59.5 Å². The molecule has 0 aromatic heterocycles. The van der Waals surface area contributed by atoms with Gasteiger partial charge < -0.3 is 15.1 Å². The minimum Gasteiger partial charge on any atom is -0.337 e. The summed E-state index contributed by atoms with van der Waals surface area (Å²) < 4.78 is 38.4. The number of hydrogen-bond acceptors (Lipinski definition) is 3. The van der Waals surface area contributed by atoms with Gasteiger partial charge in [0.1, 0.15) is 6.04 Å². The first kappa shape index (κ1) is 25.0. The standard InChI is InChI=1S/C27H24F3N3O3/c28-27(29,30)22-13-11-21(12-14-22)25(35)32-15-17-33(18-16-32)26(36)23(19-7-3-1-4-8-19)31-24(34)20-9-5-2-6-10-20/h1-14,23H,15-18H2,(H,31,34). The number of hydrogen-bond donors (Lipinski definition) is 1. The Labute approximate surface area is 206 Å². The van der Waals surface area contributed by atoms with Crippen molar-refractivity contribution in [3.8, 4) is 0 Å². The van der Waals surface area contributed by atoms with Gasteiger partial charge in [-0.05, 0) is 42.0 Å². The Hall–Kier alpha value is -4.14.